The van der Waals surface area contributed by atoms with E-state index >= 15 is 0 Å². The van der Waals surface area contributed by atoms with Crippen LogP contribution in [0.25, 0.3) is 0 Å². The average Bonchev–Trinajstić information content (AvgIpc) is 2.52. The molecule has 1 fully saturated rings. The van der Waals surface area contributed by atoms with Crippen LogP contribution in [0.5, 0.6) is 0 Å². The Morgan fingerprint density at radius 1 is 1.29 bits per heavy atom. The average molecular weight is 288 g/mol. The van der Waals surface area contributed by atoms with Gasteiger partial charge in [0.2, 0.25) is 5.91 Å². The van der Waals surface area contributed by atoms with Gasteiger partial charge in [-0.15, -0.1) is 0 Å². The van der Waals surface area contributed by atoms with Crippen molar-refractivity contribution in [3.8, 4) is 0 Å². The van der Waals surface area contributed by atoms with Crippen LogP contribution < -0.4 is 5.32 Å². The molecule has 116 valence electrons. The SMILES string of the molecule is CCN(Cc1cccc(C)c1)C(=O)C1(CC)CCNCC1. The first-order valence-electron chi connectivity index (χ1n) is 8.17. The first-order valence-corrected chi connectivity index (χ1v) is 8.17. The highest BCUT2D eigenvalue weighted by atomic mass is 16.2. The van der Waals surface area contributed by atoms with Crippen molar-refractivity contribution in [2.45, 2.75) is 46.6 Å². The fourth-order valence-electron chi connectivity index (χ4n) is 3.32. The van der Waals surface area contributed by atoms with Crippen molar-refractivity contribution in [3.63, 3.8) is 0 Å². The van der Waals surface area contributed by atoms with E-state index in [1.165, 1.54) is 11.1 Å². The minimum Gasteiger partial charge on any atom is -0.338 e. The molecular formula is C18H28N2O. The van der Waals surface area contributed by atoms with Crippen molar-refractivity contribution >= 4 is 5.91 Å². The molecule has 0 unspecified atom stereocenters. The van der Waals surface area contributed by atoms with Gasteiger partial charge in [-0.05, 0) is 51.8 Å². The van der Waals surface area contributed by atoms with Crippen molar-refractivity contribution in [2.24, 2.45) is 5.41 Å². The van der Waals surface area contributed by atoms with E-state index in [1.54, 1.807) is 0 Å². The molecule has 0 radical (unpaired) electrons. The van der Waals surface area contributed by atoms with Crippen LogP contribution in [0.15, 0.2) is 24.3 Å². The van der Waals surface area contributed by atoms with Gasteiger partial charge in [0.25, 0.3) is 0 Å². The number of amides is 1. The third kappa shape index (κ3) is 3.65. The highest BCUT2D eigenvalue weighted by Gasteiger charge is 2.39. The van der Waals surface area contributed by atoms with E-state index in [2.05, 4.69) is 50.4 Å². The monoisotopic (exact) mass is 288 g/mol. The number of rotatable bonds is 5. The quantitative estimate of drug-likeness (QED) is 0.903. The maximum Gasteiger partial charge on any atom is 0.229 e. The van der Waals surface area contributed by atoms with Gasteiger partial charge in [-0.3, -0.25) is 4.79 Å². The molecule has 1 saturated heterocycles. The molecule has 1 aliphatic heterocycles. The van der Waals surface area contributed by atoms with Crippen molar-refractivity contribution in [3.05, 3.63) is 35.4 Å². The molecule has 0 aliphatic carbocycles. The van der Waals surface area contributed by atoms with Crippen LogP contribution in [-0.4, -0.2) is 30.4 Å². The second kappa shape index (κ2) is 7.08. The third-order valence-corrected chi connectivity index (χ3v) is 4.82. The van der Waals surface area contributed by atoms with Crippen molar-refractivity contribution < 1.29 is 4.79 Å². The van der Waals surface area contributed by atoms with Crippen LogP contribution in [0.1, 0.15) is 44.2 Å². The lowest BCUT2D eigenvalue weighted by Crippen LogP contribution is -2.48. The van der Waals surface area contributed by atoms with Gasteiger partial charge < -0.3 is 10.2 Å². The zero-order valence-electron chi connectivity index (χ0n) is 13.6. The van der Waals surface area contributed by atoms with E-state index < -0.39 is 0 Å². The highest BCUT2D eigenvalue weighted by Crippen LogP contribution is 2.35. The summed E-state index contributed by atoms with van der Waals surface area (Å²) < 4.78 is 0. The topological polar surface area (TPSA) is 32.3 Å². The van der Waals surface area contributed by atoms with Gasteiger partial charge in [0.05, 0.1) is 5.41 Å². The summed E-state index contributed by atoms with van der Waals surface area (Å²) in [7, 11) is 0. The molecule has 1 aromatic rings. The van der Waals surface area contributed by atoms with E-state index in [9.17, 15) is 4.79 Å². The number of carbonyl (C=O) groups is 1. The number of aryl methyl sites for hydroxylation is 1. The fourth-order valence-corrected chi connectivity index (χ4v) is 3.32. The highest BCUT2D eigenvalue weighted by molar-refractivity contribution is 5.82. The molecule has 1 heterocycles. The predicted octanol–water partition coefficient (Wildman–Crippen LogP) is 3.12. The molecule has 0 aromatic heterocycles. The summed E-state index contributed by atoms with van der Waals surface area (Å²) in [5.41, 5.74) is 2.33. The summed E-state index contributed by atoms with van der Waals surface area (Å²) >= 11 is 0. The summed E-state index contributed by atoms with van der Waals surface area (Å²) in [4.78, 5) is 15.1. The number of hydrogen-bond acceptors (Lipinski definition) is 2. The second-order valence-electron chi connectivity index (χ2n) is 6.19. The molecule has 1 aliphatic rings. The van der Waals surface area contributed by atoms with Gasteiger partial charge >= 0.3 is 0 Å². The van der Waals surface area contributed by atoms with Crippen LogP contribution in [0, 0.1) is 12.3 Å². The molecule has 0 atom stereocenters. The van der Waals surface area contributed by atoms with E-state index in [0.29, 0.717) is 5.91 Å². The number of carbonyl (C=O) groups excluding carboxylic acids is 1. The maximum atomic E-state index is 13.1. The zero-order chi connectivity index (χ0) is 15.3. The molecule has 1 amide bonds. The van der Waals surface area contributed by atoms with Gasteiger partial charge in [0.1, 0.15) is 0 Å². The lowest BCUT2D eigenvalue weighted by Gasteiger charge is -2.39. The van der Waals surface area contributed by atoms with Crippen LogP contribution >= 0.6 is 0 Å². The standard InChI is InChI=1S/C18H28N2O/c1-4-18(9-11-19-12-10-18)17(21)20(5-2)14-16-8-6-7-15(3)13-16/h6-8,13,19H,4-5,9-12,14H2,1-3H3. The molecule has 0 saturated carbocycles. The van der Waals surface area contributed by atoms with Crippen LogP contribution in [0.2, 0.25) is 0 Å². The Bertz CT molecular complexity index is 478. The minimum absolute atomic E-state index is 0.148. The van der Waals surface area contributed by atoms with Gasteiger partial charge in [-0.25, -0.2) is 0 Å². The molecule has 1 aromatic carbocycles. The van der Waals surface area contributed by atoms with E-state index in [0.717, 1.165) is 45.4 Å². The van der Waals surface area contributed by atoms with Crippen molar-refractivity contribution in [1.82, 2.24) is 10.2 Å². The minimum atomic E-state index is -0.148. The Morgan fingerprint density at radius 3 is 2.57 bits per heavy atom. The number of piperidine rings is 1. The van der Waals surface area contributed by atoms with E-state index in [4.69, 9.17) is 0 Å². The Balaban J connectivity index is 2.14. The largest absolute Gasteiger partial charge is 0.338 e. The first-order chi connectivity index (χ1) is 10.1. The van der Waals surface area contributed by atoms with Gasteiger partial charge in [0.15, 0.2) is 0 Å². The molecular weight excluding hydrogens is 260 g/mol. The molecule has 21 heavy (non-hydrogen) atoms. The van der Waals surface area contributed by atoms with Crippen LogP contribution in [0.4, 0.5) is 0 Å². The fraction of sp³-hybridized carbons (Fsp3) is 0.611. The molecule has 1 N–H and O–H groups in total. The number of benzene rings is 1. The number of nitrogens with one attached hydrogen (secondary N) is 1. The Labute approximate surface area is 128 Å². The molecule has 0 spiro atoms. The smallest absolute Gasteiger partial charge is 0.229 e. The Morgan fingerprint density at radius 2 is 2.00 bits per heavy atom. The second-order valence-corrected chi connectivity index (χ2v) is 6.19. The maximum absolute atomic E-state index is 13.1. The predicted molar refractivity (Wildman–Crippen MR) is 87.1 cm³/mol. The van der Waals surface area contributed by atoms with Crippen molar-refractivity contribution in [2.75, 3.05) is 19.6 Å². The first kappa shape index (κ1) is 16.0. The molecule has 0 bridgehead atoms. The van der Waals surface area contributed by atoms with E-state index in [-0.39, 0.29) is 5.41 Å². The summed E-state index contributed by atoms with van der Waals surface area (Å²) in [5, 5.41) is 3.37. The Kier molecular flexibility index (Phi) is 5.40. The zero-order valence-corrected chi connectivity index (χ0v) is 13.6. The molecule has 3 nitrogen and oxygen atoms in total. The number of hydrogen-bond donors (Lipinski definition) is 1. The van der Waals surface area contributed by atoms with Crippen LogP contribution in [-0.2, 0) is 11.3 Å². The lowest BCUT2D eigenvalue weighted by molar-refractivity contribution is -0.144. The third-order valence-electron chi connectivity index (χ3n) is 4.82. The lowest BCUT2D eigenvalue weighted by atomic mass is 9.75. The summed E-state index contributed by atoms with van der Waals surface area (Å²) in [6, 6.07) is 8.46. The van der Waals surface area contributed by atoms with Crippen LogP contribution in [0.3, 0.4) is 0 Å². The molecule has 2 rings (SSSR count). The summed E-state index contributed by atoms with van der Waals surface area (Å²) in [6.45, 7) is 9.76. The van der Waals surface area contributed by atoms with Gasteiger partial charge in [-0.2, -0.15) is 0 Å². The van der Waals surface area contributed by atoms with Gasteiger partial charge in [0, 0.05) is 13.1 Å². The summed E-state index contributed by atoms with van der Waals surface area (Å²) in [6.07, 6.45) is 2.87. The Hall–Kier alpha value is -1.35. The van der Waals surface area contributed by atoms with E-state index in [1.807, 2.05) is 4.90 Å². The summed E-state index contributed by atoms with van der Waals surface area (Å²) in [5.74, 6) is 0.343. The van der Waals surface area contributed by atoms with Crippen molar-refractivity contribution in [1.29, 1.82) is 0 Å². The normalized spacial score (nSPS) is 17.5. The molecule has 3 heteroatoms. The number of nitrogens with zero attached hydrogens (tertiary/aromatic N) is 1. The van der Waals surface area contributed by atoms with Gasteiger partial charge in [-0.1, -0.05) is 36.8 Å².